The van der Waals surface area contributed by atoms with Gasteiger partial charge in [-0.1, -0.05) is 171 Å². The number of anilines is 9. The smallest absolute Gasteiger partial charge is 0.142 e. The summed E-state index contributed by atoms with van der Waals surface area (Å²) in [5.41, 5.74) is 12.1. The lowest BCUT2D eigenvalue weighted by Gasteiger charge is -2.34. The van der Waals surface area contributed by atoms with Crippen molar-refractivity contribution in [1.29, 1.82) is 0 Å². The Morgan fingerprint density at radius 3 is 1.51 bits per heavy atom. The van der Waals surface area contributed by atoms with Gasteiger partial charge in [0.25, 0.3) is 0 Å². The van der Waals surface area contributed by atoms with Crippen LogP contribution in [0.25, 0.3) is 16.4 Å². The maximum atomic E-state index is 8.03. The fourth-order valence-electron chi connectivity index (χ4n) is 8.62. The van der Waals surface area contributed by atoms with Crippen molar-refractivity contribution < 1.29 is 0 Å². The molecule has 2 aromatic heterocycles. The normalized spacial score (nSPS) is 12.2. The molecule has 2 heterocycles. The number of imidazole rings is 1. The quantitative estimate of drug-likeness (QED) is 0.144. The number of rotatable bonds is 9. The van der Waals surface area contributed by atoms with E-state index < -0.39 is 0 Å². The van der Waals surface area contributed by atoms with Crippen LogP contribution in [0.4, 0.5) is 51.3 Å². The van der Waals surface area contributed by atoms with Crippen molar-refractivity contribution in [2.24, 2.45) is 0 Å². The highest BCUT2D eigenvalue weighted by Crippen LogP contribution is 2.50. The third-order valence-electron chi connectivity index (χ3n) is 12.3. The fourth-order valence-corrected chi connectivity index (χ4v) is 8.90. The molecule has 0 atom stereocenters. The minimum absolute atomic E-state index is 0.0230. The second-order valence-electron chi connectivity index (χ2n) is 20.1. The van der Waals surface area contributed by atoms with Crippen molar-refractivity contribution in [2.75, 3.05) is 14.7 Å². The molecule has 0 amide bonds. The van der Waals surface area contributed by atoms with Gasteiger partial charge in [0.05, 0.1) is 28.3 Å². The van der Waals surface area contributed by atoms with Crippen molar-refractivity contribution in [1.82, 2.24) is 9.38 Å². The molecule has 5 nitrogen and oxygen atoms in total. The first-order chi connectivity index (χ1) is 31.1. The summed E-state index contributed by atoms with van der Waals surface area (Å²) in [6.07, 6.45) is 4.18. The van der Waals surface area contributed by atoms with Crippen molar-refractivity contribution in [3.63, 3.8) is 0 Å². The zero-order valence-corrected chi connectivity index (χ0v) is 39.8. The highest BCUT2D eigenvalue weighted by atomic mass is 35.5. The lowest BCUT2D eigenvalue weighted by atomic mass is 9.86. The monoisotopic (exact) mass is 871 g/mol. The van der Waals surface area contributed by atoms with E-state index in [-0.39, 0.29) is 16.2 Å². The summed E-state index contributed by atoms with van der Waals surface area (Å²) in [6, 6.07) is 62.9. The molecule has 0 aliphatic heterocycles. The molecule has 326 valence electrons. The van der Waals surface area contributed by atoms with Gasteiger partial charge in [0, 0.05) is 40.0 Å². The van der Waals surface area contributed by atoms with Gasteiger partial charge in [-0.2, -0.15) is 0 Å². The molecule has 0 unspecified atom stereocenters. The molecule has 0 aliphatic carbocycles. The Morgan fingerprint density at radius 1 is 0.415 bits per heavy atom. The number of fused-ring (bicyclic) bond motifs is 2. The third-order valence-corrected chi connectivity index (χ3v) is 12.7. The predicted molar refractivity (Wildman–Crippen MR) is 278 cm³/mol. The number of hydrogen-bond donors (Lipinski definition) is 0. The molecule has 0 spiro atoms. The minimum atomic E-state index is -0.232. The fraction of sp³-hybridized carbons (Fsp3) is 0.203. The molecule has 0 fully saturated rings. The van der Waals surface area contributed by atoms with Gasteiger partial charge < -0.3 is 9.80 Å². The molecule has 6 heteroatoms. The second kappa shape index (κ2) is 17.0. The van der Waals surface area contributed by atoms with Gasteiger partial charge in [-0.3, -0.25) is 9.30 Å². The Morgan fingerprint density at radius 2 is 0.892 bits per heavy atom. The van der Waals surface area contributed by atoms with Crippen LogP contribution in [0.1, 0.15) is 79.0 Å². The summed E-state index contributed by atoms with van der Waals surface area (Å²) in [5, 5.41) is 2.97. The van der Waals surface area contributed by atoms with Crippen LogP contribution >= 0.6 is 11.6 Å². The maximum Gasteiger partial charge on any atom is 0.142 e. The molecule has 0 saturated carbocycles. The summed E-state index contributed by atoms with van der Waals surface area (Å²) in [4.78, 5) is 11.9. The van der Waals surface area contributed by atoms with E-state index in [0.29, 0.717) is 5.02 Å². The van der Waals surface area contributed by atoms with Crippen molar-refractivity contribution in [2.45, 2.75) is 78.6 Å². The zero-order valence-electron chi connectivity index (χ0n) is 39.0. The molecule has 0 saturated heterocycles. The largest absolute Gasteiger partial charge is 0.310 e. The van der Waals surface area contributed by atoms with Crippen LogP contribution in [0.15, 0.2) is 188 Å². The average molecular weight is 873 g/mol. The molecular formula is C59H58ClN5. The number of benzene rings is 7. The molecule has 0 bridgehead atoms. The van der Waals surface area contributed by atoms with Gasteiger partial charge >= 0.3 is 0 Å². The number of nitrogens with zero attached hydrogens (tertiary/aromatic N) is 5. The molecule has 0 N–H and O–H groups in total. The first-order valence-electron chi connectivity index (χ1n) is 22.6. The lowest BCUT2D eigenvalue weighted by Crippen LogP contribution is -2.19. The molecule has 7 aromatic carbocycles. The number of aromatic nitrogens is 2. The SMILES string of the molecule is CC(C)(C)c1ccc(N(c2cccc(N(c3ccccc3)c3cc(C(C)(C)C)cc(N(c4ccccc4)c4cnc5ccc(C(C)(C)C)cn45)c3Cl)c2)c2cccc3ccccc23)cc1. The van der Waals surface area contributed by atoms with Crippen LogP contribution in [-0.2, 0) is 16.2 Å². The van der Waals surface area contributed by atoms with Gasteiger partial charge in [-0.25, -0.2) is 4.98 Å². The second-order valence-corrected chi connectivity index (χ2v) is 20.5. The molecule has 0 radical (unpaired) electrons. The van der Waals surface area contributed by atoms with E-state index >= 15 is 0 Å². The minimum Gasteiger partial charge on any atom is -0.310 e. The van der Waals surface area contributed by atoms with E-state index in [1.807, 2.05) is 6.20 Å². The number of pyridine rings is 1. The highest BCUT2D eigenvalue weighted by Gasteiger charge is 2.29. The predicted octanol–water partition coefficient (Wildman–Crippen LogP) is 17.4. The van der Waals surface area contributed by atoms with Crippen molar-refractivity contribution >= 4 is 79.3 Å². The third kappa shape index (κ3) is 8.61. The summed E-state index contributed by atoms with van der Waals surface area (Å²) in [6.45, 7) is 20.3. The maximum absolute atomic E-state index is 8.03. The van der Waals surface area contributed by atoms with Crippen LogP contribution in [0.2, 0.25) is 5.02 Å². The van der Waals surface area contributed by atoms with Gasteiger partial charge in [0.15, 0.2) is 0 Å². The van der Waals surface area contributed by atoms with Crippen LogP contribution in [0, 0.1) is 0 Å². The first kappa shape index (κ1) is 43.4. The molecular weight excluding hydrogens is 814 g/mol. The van der Waals surface area contributed by atoms with Crippen molar-refractivity contribution in [3.8, 4) is 0 Å². The Kier molecular flexibility index (Phi) is 11.3. The Bertz CT molecular complexity index is 3110. The van der Waals surface area contributed by atoms with Crippen LogP contribution in [0.5, 0.6) is 0 Å². The highest BCUT2D eigenvalue weighted by molar-refractivity contribution is 6.36. The van der Waals surface area contributed by atoms with E-state index in [1.165, 1.54) is 21.9 Å². The number of para-hydroxylation sites is 2. The summed E-state index contributed by atoms with van der Waals surface area (Å²) in [7, 11) is 0. The van der Waals surface area contributed by atoms with E-state index in [2.05, 4.69) is 264 Å². The van der Waals surface area contributed by atoms with Gasteiger partial charge in [0.1, 0.15) is 11.5 Å². The topological polar surface area (TPSA) is 27.0 Å². The molecule has 65 heavy (non-hydrogen) atoms. The molecule has 0 aliphatic rings. The van der Waals surface area contributed by atoms with Crippen LogP contribution < -0.4 is 14.7 Å². The van der Waals surface area contributed by atoms with E-state index in [4.69, 9.17) is 16.6 Å². The number of hydrogen-bond acceptors (Lipinski definition) is 4. The van der Waals surface area contributed by atoms with Crippen LogP contribution in [-0.4, -0.2) is 9.38 Å². The van der Waals surface area contributed by atoms with Gasteiger partial charge in [0.2, 0.25) is 0 Å². The summed E-state index contributed by atoms with van der Waals surface area (Å²) < 4.78 is 2.20. The standard InChI is InChI=1S/C59H58ClN5/c1-57(2,3)42-30-33-47(34-31-42)63(51-29-18-21-41-20-16-17-28-50(41)51)48-26-19-27-49(38-48)64(45-22-12-10-13-23-45)52-36-44(59(7,8)9)37-53(56(52)60)65(46-24-14-11-15-25-46)55-39-61-54-35-32-43(40-62(54)55)58(4,5)6/h10-40H,1-9H3. The zero-order chi connectivity index (χ0) is 45.7. The first-order valence-corrected chi connectivity index (χ1v) is 22.9. The Hall–Kier alpha value is -6.82. The Labute approximate surface area is 390 Å². The van der Waals surface area contributed by atoms with Gasteiger partial charge in [-0.05, 0) is 117 Å². The molecule has 9 aromatic rings. The average Bonchev–Trinajstić information content (AvgIpc) is 3.71. The molecule has 9 rings (SSSR count). The van der Waals surface area contributed by atoms with Gasteiger partial charge in [-0.15, -0.1) is 0 Å². The lowest BCUT2D eigenvalue weighted by molar-refractivity contribution is 0.586. The van der Waals surface area contributed by atoms with Crippen LogP contribution in [0.3, 0.4) is 0 Å². The summed E-state index contributed by atoms with van der Waals surface area (Å²) in [5.74, 6) is 0.896. The van der Waals surface area contributed by atoms with E-state index in [1.54, 1.807) is 0 Å². The van der Waals surface area contributed by atoms with Crippen molar-refractivity contribution in [3.05, 3.63) is 210 Å². The Balaban J connectivity index is 1.29. The van der Waals surface area contributed by atoms with E-state index in [0.717, 1.165) is 62.5 Å². The van der Waals surface area contributed by atoms with E-state index in [9.17, 15) is 0 Å². The summed E-state index contributed by atoms with van der Waals surface area (Å²) >= 11 is 8.03. The number of halogens is 1.